The summed E-state index contributed by atoms with van der Waals surface area (Å²) in [5, 5.41) is 2.40. The van der Waals surface area contributed by atoms with Gasteiger partial charge in [-0.1, -0.05) is 66.7 Å². The Morgan fingerprint density at radius 3 is 2.30 bits per heavy atom. The highest BCUT2D eigenvalue weighted by Gasteiger charge is 2.19. The molecule has 1 aliphatic heterocycles. The van der Waals surface area contributed by atoms with Crippen LogP contribution in [0.1, 0.15) is 24.8 Å². The maximum absolute atomic E-state index is 13.2. The van der Waals surface area contributed by atoms with Crippen molar-refractivity contribution in [1.82, 2.24) is 9.55 Å². The highest BCUT2D eigenvalue weighted by molar-refractivity contribution is 5.83. The van der Waals surface area contributed by atoms with Crippen LogP contribution in [0.25, 0.3) is 22.0 Å². The van der Waals surface area contributed by atoms with E-state index in [1.54, 1.807) is 6.07 Å². The molecule has 0 amide bonds. The summed E-state index contributed by atoms with van der Waals surface area (Å²) in [5.41, 5.74) is 2.84. The molecule has 0 aliphatic carbocycles. The molecule has 1 fully saturated rings. The Bertz CT molecular complexity index is 1220. The number of fused-ring (bicyclic) bond motifs is 1. The molecule has 2 heterocycles. The number of piperidine rings is 1. The van der Waals surface area contributed by atoms with Crippen LogP contribution in [0.3, 0.4) is 0 Å². The summed E-state index contributed by atoms with van der Waals surface area (Å²) >= 11 is 0. The lowest BCUT2D eigenvalue weighted by atomic mass is 10.1. The zero-order chi connectivity index (χ0) is 20.3. The third kappa shape index (κ3) is 3.73. The van der Waals surface area contributed by atoms with Crippen LogP contribution in [-0.2, 0) is 6.54 Å². The van der Waals surface area contributed by atoms with Gasteiger partial charge in [-0.25, -0.2) is 4.98 Å². The van der Waals surface area contributed by atoms with Crippen LogP contribution in [0.15, 0.2) is 83.7 Å². The molecule has 1 saturated heterocycles. The van der Waals surface area contributed by atoms with E-state index in [1.165, 1.54) is 17.2 Å². The summed E-state index contributed by atoms with van der Waals surface area (Å²) < 4.78 is 1.84. The minimum Gasteiger partial charge on any atom is -0.342 e. The van der Waals surface area contributed by atoms with Gasteiger partial charge in [0.25, 0.3) is 5.56 Å². The lowest BCUT2D eigenvalue weighted by Crippen LogP contribution is -2.36. The zero-order valence-corrected chi connectivity index (χ0v) is 17.0. The molecule has 0 spiro atoms. The van der Waals surface area contributed by atoms with Gasteiger partial charge in [0.05, 0.1) is 12.2 Å². The van der Waals surface area contributed by atoms with Crippen molar-refractivity contribution < 1.29 is 0 Å². The smallest absolute Gasteiger partial charge is 0.255 e. The normalized spacial score (nSPS) is 14.2. The molecule has 4 heteroatoms. The van der Waals surface area contributed by atoms with Crippen LogP contribution < -0.4 is 10.5 Å². The summed E-state index contributed by atoms with van der Waals surface area (Å²) in [5.74, 6) is 0.786. The van der Waals surface area contributed by atoms with Crippen molar-refractivity contribution in [2.45, 2.75) is 25.8 Å². The van der Waals surface area contributed by atoms with E-state index in [4.69, 9.17) is 4.98 Å². The first kappa shape index (κ1) is 18.6. The largest absolute Gasteiger partial charge is 0.342 e. The second kappa shape index (κ2) is 8.15. The third-order valence-electron chi connectivity index (χ3n) is 5.85. The van der Waals surface area contributed by atoms with Gasteiger partial charge in [0.1, 0.15) is 0 Å². The van der Waals surface area contributed by atoms with Crippen LogP contribution in [0.4, 0.5) is 5.95 Å². The van der Waals surface area contributed by atoms with E-state index in [0.29, 0.717) is 6.54 Å². The average Bonchev–Trinajstić information content (AvgIpc) is 2.81. The monoisotopic (exact) mass is 395 g/mol. The molecule has 5 rings (SSSR count). The molecule has 30 heavy (non-hydrogen) atoms. The molecule has 0 N–H and O–H groups in total. The van der Waals surface area contributed by atoms with Crippen molar-refractivity contribution in [2.24, 2.45) is 0 Å². The number of anilines is 1. The lowest BCUT2D eigenvalue weighted by Gasteiger charge is -2.30. The number of aromatic nitrogens is 2. The third-order valence-corrected chi connectivity index (χ3v) is 5.85. The van der Waals surface area contributed by atoms with Crippen molar-refractivity contribution in [3.63, 3.8) is 0 Å². The maximum Gasteiger partial charge on any atom is 0.255 e. The molecule has 0 bridgehead atoms. The van der Waals surface area contributed by atoms with E-state index in [9.17, 15) is 4.79 Å². The molecule has 1 aliphatic rings. The van der Waals surface area contributed by atoms with Gasteiger partial charge in [-0.2, -0.15) is 0 Å². The molecule has 150 valence electrons. The molecule has 1 aromatic heterocycles. The minimum absolute atomic E-state index is 0.00224. The van der Waals surface area contributed by atoms with E-state index in [-0.39, 0.29) is 5.56 Å². The molecular formula is C26H25N3O. The van der Waals surface area contributed by atoms with Crippen LogP contribution in [0.2, 0.25) is 0 Å². The van der Waals surface area contributed by atoms with Crippen LogP contribution in [0.5, 0.6) is 0 Å². The molecule has 0 saturated carbocycles. The number of nitrogens with zero attached hydrogens (tertiary/aromatic N) is 3. The maximum atomic E-state index is 13.2. The van der Waals surface area contributed by atoms with Crippen molar-refractivity contribution in [2.75, 3.05) is 18.0 Å². The summed E-state index contributed by atoms with van der Waals surface area (Å²) in [7, 11) is 0. The SMILES string of the molecule is O=c1cc(-c2ccccc2)nc(N2CCCCC2)n1Cc1ccc2ccccc2c1. The minimum atomic E-state index is -0.00224. The topological polar surface area (TPSA) is 38.1 Å². The van der Waals surface area contributed by atoms with Gasteiger partial charge >= 0.3 is 0 Å². The highest BCUT2D eigenvalue weighted by Crippen LogP contribution is 2.23. The van der Waals surface area contributed by atoms with Gasteiger partial charge < -0.3 is 4.90 Å². The quantitative estimate of drug-likeness (QED) is 0.482. The molecule has 0 unspecified atom stereocenters. The summed E-state index contributed by atoms with van der Waals surface area (Å²) in [6.07, 6.45) is 3.52. The van der Waals surface area contributed by atoms with Gasteiger partial charge in [0, 0.05) is 24.7 Å². The van der Waals surface area contributed by atoms with Gasteiger partial charge in [0.2, 0.25) is 5.95 Å². The second-order valence-corrected chi connectivity index (χ2v) is 7.96. The number of benzene rings is 3. The van der Waals surface area contributed by atoms with Gasteiger partial charge in [-0.15, -0.1) is 0 Å². The standard InChI is InChI=1S/C26H25N3O/c30-25-18-24(22-10-3-1-4-11-22)27-26(28-15-7-2-8-16-28)29(25)19-20-13-14-21-9-5-6-12-23(21)17-20/h1,3-6,9-14,17-18H,2,7-8,15-16,19H2. The van der Waals surface area contributed by atoms with Gasteiger partial charge in [0.15, 0.2) is 0 Å². The van der Waals surface area contributed by atoms with Gasteiger partial charge in [-0.05, 0) is 41.7 Å². The Morgan fingerprint density at radius 2 is 1.50 bits per heavy atom. The Balaban J connectivity index is 1.59. The Hall–Kier alpha value is -3.40. The highest BCUT2D eigenvalue weighted by atomic mass is 16.1. The zero-order valence-electron chi connectivity index (χ0n) is 17.0. The van der Waals surface area contributed by atoms with Crippen LogP contribution >= 0.6 is 0 Å². The first-order valence-electron chi connectivity index (χ1n) is 10.7. The van der Waals surface area contributed by atoms with Crippen molar-refractivity contribution >= 4 is 16.7 Å². The Kier molecular flexibility index (Phi) is 5.06. The number of rotatable bonds is 4. The predicted octanol–water partition coefficient (Wildman–Crippen LogP) is 5.10. The molecule has 0 atom stereocenters. The Morgan fingerprint density at radius 1 is 0.767 bits per heavy atom. The number of hydrogen-bond acceptors (Lipinski definition) is 3. The first-order chi connectivity index (χ1) is 14.8. The average molecular weight is 396 g/mol. The summed E-state index contributed by atoms with van der Waals surface area (Å²) in [6, 6.07) is 26.4. The molecule has 3 aromatic carbocycles. The van der Waals surface area contributed by atoms with Gasteiger partial charge in [-0.3, -0.25) is 9.36 Å². The van der Waals surface area contributed by atoms with Crippen LogP contribution in [0, 0.1) is 0 Å². The summed E-state index contributed by atoms with van der Waals surface area (Å²) in [6.45, 7) is 2.42. The molecule has 0 radical (unpaired) electrons. The first-order valence-corrected chi connectivity index (χ1v) is 10.7. The number of hydrogen-bond donors (Lipinski definition) is 0. The molecule has 4 aromatic rings. The Labute approximate surface area is 176 Å². The van der Waals surface area contributed by atoms with E-state index in [2.05, 4.69) is 35.2 Å². The summed E-state index contributed by atoms with van der Waals surface area (Å²) in [4.78, 5) is 20.5. The van der Waals surface area contributed by atoms with E-state index >= 15 is 0 Å². The molecule has 4 nitrogen and oxygen atoms in total. The predicted molar refractivity (Wildman–Crippen MR) is 123 cm³/mol. The van der Waals surface area contributed by atoms with Crippen molar-refractivity contribution in [3.05, 3.63) is 94.8 Å². The molecular weight excluding hydrogens is 370 g/mol. The van der Waals surface area contributed by atoms with E-state index in [0.717, 1.165) is 48.7 Å². The lowest BCUT2D eigenvalue weighted by molar-refractivity contribution is 0.551. The van der Waals surface area contributed by atoms with E-state index < -0.39 is 0 Å². The fraction of sp³-hybridized carbons (Fsp3) is 0.231. The fourth-order valence-electron chi connectivity index (χ4n) is 4.25. The fourth-order valence-corrected chi connectivity index (χ4v) is 4.25. The van der Waals surface area contributed by atoms with Crippen molar-refractivity contribution in [1.29, 1.82) is 0 Å². The van der Waals surface area contributed by atoms with Crippen molar-refractivity contribution in [3.8, 4) is 11.3 Å². The van der Waals surface area contributed by atoms with Crippen LogP contribution in [-0.4, -0.2) is 22.6 Å². The second-order valence-electron chi connectivity index (χ2n) is 7.96. The van der Waals surface area contributed by atoms with E-state index in [1.807, 2.05) is 47.0 Å².